The Morgan fingerprint density at radius 2 is 1.86 bits per heavy atom. The van der Waals surface area contributed by atoms with Gasteiger partial charge in [0.1, 0.15) is 12.4 Å². The molecule has 5 heteroatoms. The van der Waals surface area contributed by atoms with Gasteiger partial charge in [0, 0.05) is 6.08 Å². The molecular formula is C16H12F2O3. The molecule has 0 aliphatic carbocycles. The lowest BCUT2D eigenvalue weighted by molar-refractivity contribution is -0.131. The summed E-state index contributed by atoms with van der Waals surface area (Å²) in [6, 6.07) is 9.85. The van der Waals surface area contributed by atoms with Crippen molar-refractivity contribution in [1.82, 2.24) is 0 Å². The van der Waals surface area contributed by atoms with Crippen molar-refractivity contribution in [3.63, 3.8) is 0 Å². The Labute approximate surface area is 120 Å². The molecule has 0 aliphatic heterocycles. The average Bonchev–Trinajstić information content (AvgIpc) is 2.46. The van der Waals surface area contributed by atoms with Gasteiger partial charge >= 0.3 is 5.97 Å². The molecule has 0 amide bonds. The van der Waals surface area contributed by atoms with Gasteiger partial charge in [-0.15, -0.1) is 0 Å². The second kappa shape index (κ2) is 6.65. The van der Waals surface area contributed by atoms with Crippen molar-refractivity contribution in [3.05, 3.63) is 71.3 Å². The first-order chi connectivity index (χ1) is 10.0. The van der Waals surface area contributed by atoms with Crippen LogP contribution in [0.4, 0.5) is 8.78 Å². The predicted molar refractivity (Wildman–Crippen MR) is 73.8 cm³/mol. The largest absolute Gasteiger partial charge is 0.486 e. The third-order valence-electron chi connectivity index (χ3n) is 2.68. The van der Waals surface area contributed by atoms with E-state index in [0.717, 1.165) is 6.08 Å². The summed E-state index contributed by atoms with van der Waals surface area (Å²) >= 11 is 0. The highest BCUT2D eigenvalue weighted by molar-refractivity contribution is 5.85. The maximum absolute atomic E-state index is 13.8. The van der Waals surface area contributed by atoms with Gasteiger partial charge in [-0.3, -0.25) is 0 Å². The van der Waals surface area contributed by atoms with Crippen molar-refractivity contribution in [2.45, 2.75) is 6.61 Å². The number of rotatable bonds is 5. The standard InChI is InChI=1S/C16H12F2O3/c17-13-5-1-12(2-6-13)10-21-15-7-3-11(9-14(15)18)4-8-16(19)20/h1-9H,10H2,(H,19,20)/b8-4+. The zero-order valence-corrected chi connectivity index (χ0v) is 10.9. The number of aliphatic carboxylic acids is 1. The Kier molecular flexibility index (Phi) is 4.66. The molecule has 0 unspecified atom stereocenters. The Morgan fingerprint density at radius 1 is 1.14 bits per heavy atom. The third kappa shape index (κ3) is 4.42. The lowest BCUT2D eigenvalue weighted by atomic mass is 10.2. The van der Waals surface area contributed by atoms with Crippen LogP contribution < -0.4 is 4.74 Å². The van der Waals surface area contributed by atoms with Crippen molar-refractivity contribution in [2.24, 2.45) is 0 Å². The van der Waals surface area contributed by atoms with Gasteiger partial charge in [0.25, 0.3) is 0 Å². The second-order valence-corrected chi connectivity index (χ2v) is 4.28. The molecule has 0 fully saturated rings. The van der Waals surface area contributed by atoms with Crippen LogP contribution in [0.3, 0.4) is 0 Å². The van der Waals surface area contributed by atoms with Gasteiger partial charge in [0.15, 0.2) is 11.6 Å². The first-order valence-electron chi connectivity index (χ1n) is 6.12. The van der Waals surface area contributed by atoms with Crippen LogP contribution in [0.15, 0.2) is 48.5 Å². The summed E-state index contributed by atoms with van der Waals surface area (Å²) in [5.74, 6) is -2.00. The quantitative estimate of drug-likeness (QED) is 0.855. The fourth-order valence-electron chi connectivity index (χ4n) is 1.65. The molecule has 0 aliphatic rings. The molecule has 0 heterocycles. The number of carbonyl (C=O) groups is 1. The van der Waals surface area contributed by atoms with E-state index in [9.17, 15) is 13.6 Å². The lowest BCUT2D eigenvalue weighted by Gasteiger charge is -2.08. The summed E-state index contributed by atoms with van der Waals surface area (Å²) in [4.78, 5) is 10.4. The van der Waals surface area contributed by atoms with Crippen molar-refractivity contribution in [3.8, 4) is 5.75 Å². The van der Waals surface area contributed by atoms with Gasteiger partial charge in [-0.05, 0) is 41.5 Å². The van der Waals surface area contributed by atoms with Gasteiger partial charge in [-0.2, -0.15) is 0 Å². The topological polar surface area (TPSA) is 46.5 Å². The number of hydrogen-bond donors (Lipinski definition) is 1. The minimum Gasteiger partial charge on any atom is -0.486 e. The molecule has 0 saturated carbocycles. The molecule has 0 aromatic heterocycles. The van der Waals surface area contributed by atoms with Crippen LogP contribution in [-0.4, -0.2) is 11.1 Å². The fourth-order valence-corrected chi connectivity index (χ4v) is 1.65. The van der Waals surface area contributed by atoms with E-state index in [1.807, 2.05) is 0 Å². The number of benzene rings is 2. The maximum Gasteiger partial charge on any atom is 0.328 e. The normalized spacial score (nSPS) is 10.8. The van der Waals surface area contributed by atoms with E-state index in [-0.39, 0.29) is 18.2 Å². The number of carboxylic acids is 1. The predicted octanol–water partition coefficient (Wildman–Crippen LogP) is 3.64. The summed E-state index contributed by atoms with van der Waals surface area (Å²) in [5.41, 5.74) is 1.13. The molecule has 2 aromatic carbocycles. The van der Waals surface area contributed by atoms with Crippen LogP contribution in [0, 0.1) is 11.6 Å². The van der Waals surface area contributed by atoms with Crippen molar-refractivity contribution in [1.29, 1.82) is 0 Å². The molecule has 3 nitrogen and oxygen atoms in total. The highest BCUT2D eigenvalue weighted by Crippen LogP contribution is 2.20. The van der Waals surface area contributed by atoms with E-state index in [4.69, 9.17) is 9.84 Å². The molecule has 1 N–H and O–H groups in total. The summed E-state index contributed by atoms with van der Waals surface area (Å²) in [6.07, 6.45) is 2.21. The van der Waals surface area contributed by atoms with E-state index in [0.29, 0.717) is 11.1 Å². The van der Waals surface area contributed by atoms with Gasteiger partial charge in [0.2, 0.25) is 0 Å². The van der Waals surface area contributed by atoms with Crippen LogP contribution >= 0.6 is 0 Å². The minimum absolute atomic E-state index is 0.0480. The van der Waals surface area contributed by atoms with Crippen LogP contribution in [0.1, 0.15) is 11.1 Å². The third-order valence-corrected chi connectivity index (χ3v) is 2.68. The molecule has 108 valence electrons. The van der Waals surface area contributed by atoms with Gasteiger partial charge in [0.05, 0.1) is 0 Å². The van der Waals surface area contributed by atoms with E-state index in [1.165, 1.54) is 30.3 Å². The number of hydrogen-bond acceptors (Lipinski definition) is 2. The van der Waals surface area contributed by atoms with Gasteiger partial charge in [-0.25, -0.2) is 13.6 Å². The smallest absolute Gasteiger partial charge is 0.328 e. The minimum atomic E-state index is -1.10. The van der Waals surface area contributed by atoms with E-state index in [1.54, 1.807) is 18.2 Å². The zero-order chi connectivity index (χ0) is 15.2. The van der Waals surface area contributed by atoms with Crippen molar-refractivity contribution < 1.29 is 23.4 Å². The van der Waals surface area contributed by atoms with Gasteiger partial charge < -0.3 is 9.84 Å². The maximum atomic E-state index is 13.8. The molecule has 2 aromatic rings. The number of carboxylic acid groups (broad SMARTS) is 1. The monoisotopic (exact) mass is 290 g/mol. The molecule has 0 spiro atoms. The molecule has 2 rings (SSSR count). The summed E-state index contributed by atoms with van der Waals surface area (Å²) in [6.45, 7) is 0.113. The summed E-state index contributed by atoms with van der Waals surface area (Å²) in [5, 5.41) is 8.50. The number of ether oxygens (including phenoxy) is 1. The molecular weight excluding hydrogens is 278 g/mol. The van der Waals surface area contributed by atoms with Crippen LogP contribution in [0.2, 0.25) is 0 Å². The van der Waals surface area contributed by atoms with Crippen LogP contribution in [-0.2, 0) is 11.4 Å². The van der Waals surface area contributed by atoms with Gasteiger partial charge in [-0.1, -0.05) is 18.2 Å². The fraction of sp³-hybridized carbons (Fsp3) is 0.0625. The average molecular weight is 290 g/mol. The molecule has 0 bridgehead atoms. The molecule has 21 heavy (non-hydrogen) atoms. The highest BCUT2D eigenvalue weighted by Gasteiger charge is 2.04. The Morgan fingerprint density at radius 3 is 2.48 bits per heavy atom. The highest BCUT2D eigenvalue weighted by atomic mass is 19.1. The first kappa shape index (κ1) is 14.7. The number of halogens is 2. The van der Waals surface area contributed by atoms with E-state index in [2.05, 4.69) is 0 Å². The summed E-state index contributed by atoms with van der Waals surface area (Å²) in [7, 11) is 0. The Balaban J connectivity index is 2.04. The van der Waals surface area contributed by atoms with Crippen LogP contribution in [0.5, 0.6) is 5.75 Å². The SMILES string of the molecule is O=C(O)/C=C/c1ccc(OCc2ccc(F)cc2)c(F)c1. The molecule has 0 saturated heterocycles. The second-order valence-electron chi connectivity index (χ2n) is 4.28. The molecule has 0 atom stereocenters. The Bertz CT molecular complexity index is 664. The lowest BCUT2D eigenvalue weighted by Crippen LogP contribution is -1.97. The molecule has 0 radical (unpaired) electrons. The van der Waals surface area contributed by atoms with Crippen molar-refractivity contribution in [2.75, 3.05) is 0 Å². The van der Waals surface area contributed by atoms with Crippen molar-refractivity contribution >= 4 is 12.0 Å². The first-order valence-corrected chi connectivity index (χ1v) is 6.12. The zero-order valence-electron chi connectivity index (χ0n) is 10.9. The Hall–Kier alpha value is -2.69. The van der Waals surface area contributed by atoms with E-state index < -0.39 is 11.8 Å². The van der Waals surface area contributed by atoms with E-state index >= 15 is 0 Å². The van der Waals surface area contributed by atoms with Crippen LogP contribution in [0.25, 0.3) is 6.08 Å². The summed E-state index contributed by atoms with van der Waals surface area (Å²) < 4.78 is 31.8.